The summed E-state index contributed by atoms with van der Waals surface area (Å²) in [5.74, 6) is 0.709. The van der Waals surface area contributed by atoms with E-state index in [-0.39, 0.29) is 0 Å². The topological polar surface area (TPSA) is 69.2 Å². The van der Waals surface area contributed by atoms with Crippen LogP contribution in [0.15, 0.2) is 91.0 Å². The molecule has 0 aliphatic heterocycles. The molecule has 0 saturated carbocycles. The Morgan fingerprint density at radius 3 is 1.18 bits per heavy atom. The van der Waals surface area contributed by atoms with Gasteiger partial charge in [0.15, 0.2) is 0 Å². The lowest BCUT2D eigenvalue weighted by Gasteiger charge is -2.28. The van der Waals surface area contributed by atoms with Gasteiger partial charge in [0, 0.05) is 0 Å². The monoisotopic (exact) mass is 508 g/mol. The van der Waals surface area contributed by atoms with Gasteiger partial charge in [-0.3, -0.25) is 0 Å². The summed E-state index contributed by atoms with van der Waals surface area (Å²) in [6.45, 7) is 4.66. The fourth-order valence-corrected chi connectivity index (χ4v) is 7.95. The van der Waals surface area contributed by atoms with Gasteiger partial charge < -0.3 is 10.3 Å². The molecule has 0 spiro atoms. The lowest BCUT2D eigenvalue weighted by molar-refractivity contribution is -1.73. The van der Waals surface area contributed by atoms with Crippen molar-refractivity contribution in [1.29, 1.82) is 0 Å². The van der Waals surface area contributed by atoms with Gasteiger partial charge in [-0.2, -0.15) is 0 Å². The highest BCUT2D eigenvalue weighted by molar-refractivity contribution is 7.95. The number of hydrogen-bond acceptors (Lipinski definition) is 3. The van der Waals surface area contributed by atoms with Gasteiger partial charge >= 0.3 is 0 Å². The van der Waals surface area contributed by atoms with E-state index in [2.05, 4.69) is 105 Å². The molecule has 5 heteroatoms. The summed E-state index contributed by atoms with van der Waals surface area (Å²) in [7, 11) is -1.61. The van der Waals surface area contributed by atoms with Crippen molar-refractivity contribution in [3.8, 4) is 0 Å². The summed E-state index contributed by atoms with van der Waals surface area (Å²) in [6.07, 6.45) is 2.47. The Bertz CT molecular complexity index is 696. The van der Waals surface area contributed by atoms with Crippen LogP contribution < -0.4 is 47.3 Å². The van der Waals surface area contributed by atoms with Crippen molar-refractivity contribution in [1.82, 2.24) is 0 Å². The molecule has 3 aromatic carbocycles. The first-order chi connectivity index (χ1) is 13.5. The van der Waals surface area contributed by atoms with Crippen molar-refractivity contribution in [3.05, 3.63) is 91.0 Å². The van der Waals surface area contributed by atoms with Gasteiger partial charge in [0.1, 0.15) is 23.2 Å². The van der Waals surface area contributed by atoms with Crippen LogP contribution in [0.2, 0.25) is 0 Å². The van der Waals surface area contributed by atoms with E-state index in [4.69, 9.17) is 10.3 Å². The summed E-state index contributed by atoms with van der Waals surface area (Å²) in [6, 6.07) is 33.4. The molecule has 0 radical (unpaired) electrons. The van der Waals surface area contributed by atoms with E-state index in [1.165, 1.54) is 28.5 Å². The fraction of sp³-hybridized carbons (Fsp3) is 0.217. The maximum absolute atomic E-state index is 8.57. The van der Waals surface area contributed by atoms with Crippen LogP contribution >= 0.6 is 7.26 Å². The van der Waals surface area contributed by atoms with Crippen molar-refractivity contribution in [2.75, 3.05) is 6.16 Å². The SMILES string of the molecule is CC(C)CC[P+](c1ccccc1)(c1ccccc1)c1ccccc1.[O-][I+2]([O-])[O-]. The molecule has 148 valence electrons. The van der Waals surface area contributed by atoms with E-state index in [9.17, 15) is 0 Å². The molecule has 0 amide bonds. The normalized spacial score (nSPS) is 11.2. The molecule has 0 saturated heterocycles. The molecular weight excluding hydrogens is 482 g/mol. The highest BCUT2D eigenvalue weighted by Crippen LogP contribution is 2.56. The van der Waals surface area contributed by atoms with Crippen molar-refractivity contribution in [2.45, 2.75) is 20.3 Å². The van der Waals surface area contributed by atoms with Crippen LogP contribution in [0.5, 0.6) is 0 Å². The van der Waals surface area contributed by atoms with Crippen LogP contribution in [0.25, 0.3) is 0 Å². The van der Waals surface area contributed by atoms with Crippen LogP contribution in [0, 0.1) is 5.92 Å². The highest BCUT2D eigenvalue weighted by Gasteiger charge is 2.44. The lowest BCUT2D eigenvalue weighted by atomic mass is 10.2. The van der Waals surface area contributed by atoms with Gasteiger partial charge in [0.2, 0.25) is 0 Å². The predicted molar refractivity (Wildman–Crippen MR) is 109 cm³/mol. The van der Waals surface area contributed by atoms with Gasteiger partial charge in [-0.05, 0) is 48.7 Å². The Kier molecular flexibility index (Phi) is 9.56. The highest BCUT2D eigenvalue weighted by atomic mass is 127. The molecular formula is C23H26IO3P. The minimum absolute atomic E-state index is 0.709. The molecule has 0 heterocycles. The largest absolute Gasteiger partial charge is 0.427 e. The molecule has 3 nitrogen and oxygen atoms in total. The molecule has 0 bridgehead atoms. The van der Waals surface area contributed by atoms with Gasteiger partial charge in [-0.25, -0.2) is 0 Å². The van der Waals surface area contributed by atoms with Crippen LogP contribution in [0.4, 0.5) is 0 Å². The van der Waals surface area contributed by atoms with E-state index in [0.29, 0.717) is 5.92 Å². The summed E-state index contributed by atoms with van der Waals surface area (Å²) < 4.78 is 25.7. The molecule has 0 atom stereocenters. The summed E-state index contributed by atoms with van der Waals surface area (Å²) >= 11 is -4.01. The molecule has 0 N–H and O–H groups in total. The first-order valence-electron chi connectivity index (χ1n) is 9.24. The second kappa shape index (κ2) is 11.6. The quantitative estimate of drug-likeness (QED) is 0.300. The third-order valence-electron chi connectivity index (χ3n) is 4.63. The van der Waals surface area contributed by atoms with Gasteiger partial charge in [-0.1, -0.05) is 68.4 Å². The van der Waals surface area contributed by atoms with Crippen LogP contribution in [-0.2, 0) is 0 Å². The fourth-order valence-electron chi connectivity index (χ4n) is 3.33. The molecule has 28 heavy (non-hydrogen) atoms. The van der Waals surface area contributed by atoms with E-state index in [0.717, 1.165) is 0 Å². The number of rotatable bonds is 6. The smallest absolute Gasteiger partial charge is 0.282 e. The minimum Gasteiger partial charge on any atom is -0.427 e. The standard InChI is InChI=1S/C23H26P.IO3/c1-20(2)18-19-24(21-12-6-3-7-13-21,22-14-8-4-9-15-22)23-16-10-5-11-17-23;2-1(3)4/h3-17,20H,18-19H2,1-2H3;/q+1;-1. The predicted octanol–water partition coefficient (Wildman–Crippen LogP) is -1.54. The van der Waals surface area contributed by atoms with Crippen molar-refractivity contribution < 1.29 is 31.4 Å². The molecule has 0 fully saturated rings. The molecule has 0 aromatic heterocycles. The van der Waals surface area contributed by atoms with E-state index in [1.54, 1.807) is 0 Å². The maximum Gasteiger partial charge on any atom is 0.282 e. The van der Waals surface area contributed by atoms with Crippen molar-refractivity contribution in [3.63, 3.8) is 0 Å². The second-order valence-electron chi connectivity index (χ2n) is 6.91. The zero-order chi connectivity index (χ0) is 20.4. The Morgan fingerprint density at radius 1 is 0.643 bits per heavy atom. The summed E-state index contributed by atoms with van der Waals surface area (Å²) in [5.41, 5.74) is 0. The Morgan fingerprint density at radius 2 is 0.929 bits per heavy atom. The van der Waals surface area contributed by atoms with Crippen molar-refractivity contribution in [2.24, 2.45) is 5.92 Å². The second-order valence-corrected chi connectivity index (χ2v) is 11.6. The lowest BCUT2D eigenvalue weighted by Crippen LogP contribution is -4.05. The number of benzene rings is 3. The van der Waals surface area contributed by atoms with Gasteiger partial charge in [0.05, 0.1) is 6.16 Å². The number of hydrogen-bond donors (Lipinski definition) is 0. The number of halogens is 1. The Balaban J connectivity index is 0.000000640. The van der Waals surface area contributed by atoms with E-state index >= 15 is 0 Å². The van der Waals surface area contributed by atoms with Gasteiger partial charge in [0.25, 0.3) is 21.1 Å². The zero-order valence-corrected chi connectivity index (χ0v) is 19.3. The first-order valence-corrected chi connectivity index (χ1v) is 13.9. The average molecular weight is 508 g/mol. The molecule has 3 rings (SSSR count). The average Bonchev–Trinajstić information content (AvgIpc) is 2.70. The molecule has 0 aliphatic carbocycles. The third kappa shape index (κ3) is 6.36. The van der Waals surface area contributed by atoms with Crippen LogP contribution in [0.1, 0.15) is 20.3 Å². The molecule has 0 unspecified atom stereocenters. The molecule has 0 aliphatic rings. The summed E-state index contributed by atoms with van der Waals surface area (Å²) in [4.78, 5) is 0. The van der Waals surface area contributed by atoms with Gasteiger partial charge in [-0.15, -0.1) is 0 Å². The van der Waals surface area contributed by atoms with E-state index < -0.39 is 28.3 Å². The third-order valence-corrected chi connectivity index (χ3v) is 9.10. The molecule has 3 aromatic rings. The zero-order valence-electron chi connectivity index (χ0n) is 16.2. The summed E-state index contributed by atoms with van der Waals surface area (Å²) in [5, 5.41) is 4.47. The van der Waals surface area contributed by atoms with E-state index in [1.807, 2.05) is 0 Å². The van der Waals surface area contributed by atoms with Crippen molar-refractivity contribution >= 4 is 23.2 Å². The Labute approximate surface area is 177 Å². The maximum atomic E-state index is 8.57. The first kappa shape index (κ1) is 23.0. The van der Waals surface area contributed by atoms with Crippen LogP contribution in [0.3, 0.4) is 0 Å². The Hall–Kier alpha value is -1.30. The minimum atomic E-state index is -4.01. The van der Waals surface area contributed by atoms with Crippen LogP contribution in [-0.4, -0.2) is 6.16 Å².